The Kier molecular flexibility index (Phi) is 10.5. The van der Waals surface area contributed by atoms with Crippen molar-refractivity contribution in [3.8, 4) is 11.5 Å². The highest BCUT2D eigenvalue weighted by Gasteiger charge is 2.48. The van der Waals surface area contributed by atoms with Crippen molar-refractivity contribution in [2.75, 3.05) is 20.8 Å². The van der Waals surface area contributed by atoms with Gasteiger partial charge in [-0.2, -0.15) is 0 Å². The van der Waals surface area contributed by atoms with Crippen LogP contribution in [0, 0.1) is 5.82 Å². The molecule has 6 aromatic rings. The second-order valence-corrected chi connectivity index (χ2v) is 12.8. The molecule has 0 bridgehead atoms. The van der Waals surface area contributed by atoms with E-state index in [0.29, 0.717) is 22.9 Å². The summed E-state index contributed by atoms with van der Waals surface area (Å²) in [5, 5.41) is 3.44. The van der Waals surface area contributed by atoms with E-state index in [4.69, 9.17) is 19.2 Å². The first-order chi connectivity index (χ1) is 26.4. The second kappa shape index (κ2) is 15.7. The molecule has 0 aliphatic carbocycles. The average molecular weight is 726 g/mol. The number of alkyl halides is 2. The summed E-state index contributed by atoms with van der Waals surface area (Å²) < 4.78 is 64.4. The number of hydrogen-bond acceptors (Lipinski definition) is 6. The molecule has 0 amide bonds. The molecule has 1 unspecified atom stereocenters. The van der Waals surface area contributed by atoms with Gasteiger partial charge in [0.15, 0.2) is 5.54 Å². The maximum Gasteiger partial charge on any atom is 0.286 e. The maximum absolute atomic E-state index is 16.0. The fraction of sp³-hybridized carbons (Fsp3) is 0.156. The van der Waals surface area contributed by atoms with Crippen LogP contribution in [0.4, 0.5) is 18.9 Å². The molecule has 0 spiro atoms. The molecule has 1 N–H and O–H groups in total. The molecular formula is C45H38F3N3O3. The third-order valence-electron chi connectivity index (χ3n) is 9.68. The topological polar surface area (TPSA) is 64.4 Å². The van der Waals surface area contributed by atoms with E-state index in [0.717, 1.165) is 27.8 Å². The third-order valence-corrected chi connectivity index (χ3v) is 9.68. The number of ether oxygens (including phenoxy) is 3. The number of amidine groups is 1. The van der Waals surface area contributed by atoms with Crippen molar-refractivity contribution in [1.29, 1.82) is 0 Å². The molecule has 7 rings (SSSR count). The Morgan fingerprint density at radius 3 is 1.70 bits per heavy atom. The lowest BCUT2D eigenvalue weighted by Crippen LogP contribution is -2.52. The number of nitrogens with zero attached hydrogens (tertiary/aromatic N) is 2. The molecule has 9 heteroatoms. The fourth-order valence-corrected chi connectivity index (χ4v) is 6.89. The Bertz CT molecular complexity index is 2140. The van der Waals surface area contributed by atoms with Gasteiger partial charge in [-0.15, -0.1) is 0 Å². The third kappa shape index (κ3) is 7.05. The van der Waals surface area contributed by atoms with Crippen LogP contribution >= 0.6 is 0 Å². The van der Waals surface area contributed by atoms with Crippen LogP contribution in [0.5, 0.6) is 11.5 Å². The molecular weight excluding hydrogens is 688 g/mol. The van der Waals surface area contributed by atoms with Gasteiger partial charge in [0.25, 0.3) is 12.4 Å². The molecule has 1 aliphatic rings. The van der Waals surface area contributed by atoms with Gasteiger partial charge in [0.2, 0.25) is 0 Å². The van der Waals surface area contributed by atoms with Gasteiger partial charge < -0.3 is 19.5 Å². The van der Waals surface area contributed by atoms with Gasteiger partial charge in [-0.1, -0.05) is 115 Å². The summed E-state index contributed by atoms with van der Waals surface area (Å²) in [6, 6.07) is 47.4. The van der Waals surface area contributed by atoms with Gasteiger partial charge in [0.05, 0.1) is 32.2 Å². The lowest BCUT2D eigenvalue weighted by atomic mass is 9.77. The number of aliphatic imine (C=N–C) groups is 2. The van der Waals surface area contributed by atoms with E-state index in [2.05, 4.69) is 10.3 Å². The maximum atomic E-state index is 16.0. The Morgan fingerprint density at radius 2 is 1.20 bits per heavy atom. The smallest absolute Gasteiger partial charge is 0.286 e. The number of nitrogens with one attached hydrogen (secondary N) is 1. The molecule has 0 aromatic heterocycles. The minimum absolute atomic E-state index is 0.154. The van der Waals surface area contributed by atoms with Crippen LogP contribution in [-0.2, 0) is 15.8 Å². The van der Waals surface area contributed by atoms with Gasteiger partial charge in [0, 0.05) is 23.1 Å². The van der Waals surface area contributed by atoms with Crippen molar-refractivity contribution in [3.05, 3.63) is 197 Å². The summed E-state index contributed by atoms with van der Waals surface area (Å²) in [4.78, 5) is 9.51. The highest BCUT2D eigenvalue weighted by molar-refractivity contribution is 6.13. The normalized spacial score (nSPS) is 15.5. The van der Waals surface area contributed by atoms with E-state index in [1.165, 1.54) is 18.2 Å². The van der Waals surface area contributed by atoms with Crippen LogP contribution in [0.25, 0.3) is 0 Å². The minimum atomic E-state index is -3.09. The van der Waals surface area contributed by atoms with Crippen LogP contribution in [-0.4, -0.2) is 39.0 Å². The van der Waals surface area contributed by atoms with Gasteiger partial charge in [-0.25, -0.2) is 23.2 Å². The van der Waals surface area contributed by atoms with Crippen molar-refractivity contribution < 1.29 is 27.4 Å². The molecule has 1 atom stereocenters. The van der Waals surface area contributed by atoms with Gasteiger partial charge >= 0.3 is 0 Å². The fourth-order valence-electron chi connectivity index (χ4n) is 6.89. The molecule has 0 saturated heterocycles. The van der Waals surface area contributed by atoms with Crippen molar-refractivity contribution in [2.24, 2.45) is 9.98 Å². The molecule has 6 nitrogen and oxygen atoms in total. The number of methoxy groups -OCH3 is 2. The summed E-state index contributed by atoms with van der Waals surface area (Å²) in [6.07, 6.45) is -3.36. The lowest BCUT2D eigenvalue weighted by molar-refractivity contribution is 0.0230. The Balaban J connectivity index is 1.39. The van der Waals surface area contributed by atoms with Crippen LogP contribution in [0.1, 0.15) is 39.8 Å². The summed E-state index contributed by atoms with van der Waals surface area (Å²) in [5.74, 6) is 0.457. The zero-order chi connectivity index (χ0) is 37.5. The van der Waals surface area contributed by atoms with E-state index in [9.17, 15) is 0 Å². The second-order valence-electron chi connectivity index (χ2n) is 12.8. The summed E-state index contributed by atoms with van der Waals surface area (Å²) in [6.45, 7) is -0.154. The van der Waals surface area contributed by atoms with Gasteiger partial charge in [0.1, 0.15) is 22.9 Å². The monoisotopic (exact) mass is 725 g/mol. The van der Waals surface area contributed by atoms with E-state index in [-0.39, 0.29) is 24.6 Å². The largest absolute Gasteiger partial charge is 0.497 e. The average Bonchev–Trinajstić information content (AvgIpc) is 3.23. The first-order valence-electron chi connectivity index (χ1n) is 17.5. The molecule has 1 aliphatic heterocycles. The highest BCUT2D eigenvalue weighted by Crippen LogP contribution is 2.43. The number of benzene rings is 6. The number of rotatable bonds is 11. The Labute approximate surface area is 312 Å². The zero-order valence-corrected chi connectivity index (χ0v) is 29.8. The summed E-state index contributed by atoms with van der Waals surface area (Å²) in [7, 11) is 3.17. The standard InChI is InChI=1S/C45H38F3N3O3/c1-52-37-23-18-34(19-24-37)45(33-16-10-5-11-17-33,35-20-25-38(53-2)26-21-35)51-43-50-44(42(47)48,28-29-54-43)39-30-36(22-27-40(39)46)49-41(31-12-6-3-7-13-31)32-14-8-4-9-15-32/h3-27,30,42H,28-29H2,1-2H3,(H,50,51). The quantitative estimate of drug-likeness (QED) is 0.107. The first-order valence-corrected chi connectivity index (χ1v) is 17.5. The van der Waals surface area contributed by atoms with Crippen LogP contribution in [0.15, 0.2) is 168 Å². The van der Waals surface area contributed by atoms with Crippen molar-refractivity contribution >= 4 is 17.4 Å². The molecule has 1 heterocycles. The highest BCUT2D eigenvalue weighted by atomic mass is 19.3. The summed E-state index contributed by atoms with van der Waals surface area (Å²) in [5.41, 5.74) is 1.05. The van der Waals surface area contributed by atoms with Gasteiger partial charge in [-0.05, 0) is 59.2 Å². The SMILES string of the molecule is COc1ccc(C(NC2=NC(c3cc(N=C(c4ccccc4)c4ccccc4)ccc3F)(C(F)F)CCO2)(c2ccccc2)c2ccc(OC)cc2)cc1. The molecule has 54 heavy (non-hydrogen) atoms. The first kappa shape index (κ1) is 36.0. The molecule has 0 fully saturated rings. The summed E-state index contributed by atoms with van der Waals surface area (Å²) >= 11 is 0. The predicted octanol–water partition coefficient (Wildman–Crippen LogP) is 9.83. The van der Waals surface area contributed by atoms with Crippen LogP contribution in [0.3, 0.4) is 0 Å². The van der Waals surface area contributed by atoms with Crippen LogP contribution in [0.2, 0.25) is 0 Å². The Morgan fingerprint density at radius 1 is 0.704 bits per heavy atom. The zero-order valence-electron chi connectivity index (χ0n) is 29.8. The molecule has 0 saturated carbocycles. The molecule has 6 aromatic carbocycles. The molecule has 272 valence electrons. The number of halogens is 3. The predicted molar refractivity (Wildman–Crippen MR) is 206 cm³/mol. The molecule has 0 radical (unpaired) electrons. The van der Waals surface area contributed by atoms with Crippen molar-refractivity contribution in [3.63, 3.8) is 0 Å². The van der Waals surface area contributed by atoms with Gasteiger partial charge in [-0.3, -0.25) is 0 Å². The van der Waals surface area contributed by atoms with E-state index in [1.807, 2.05) is 140 Å². The van der Waals surface area contributed by atoms with E-state index < -0.39 is 23.3 Å². The number of hydrogen-bond donors (Lipinski definition) is 1. The lowest BCUT2D eigenvalue weighted by Gasteiger charge is -2.40. The van der Waals surface area contributed by atoms with Crippen LogP contribution < -0.4 is 14.8 Å². The minimum Gasteiger partial charge on any atom is -0.497 e. The van der Waals surface area contributed by atoms with E-state index >= 15 is 13.2 Å². The van der Waals surface area contributed by atoms with Crippen molar-refractivity contribution in [2.45, 2.75) is 23.9 Å². The van der Waals surface area contributed by atoms with Crippen molar-refractivity contribution in [1.82, 2.24) is 5.32 Å². The van der Waals surface area contributed by atoms with E-state index in [1.54, 1.807) is 14.2 Å². The Hall–Kier alpha value is -6.35.